The van der Waals surface area contributed by atoms with Crippen molar-refractivity contribution in [1.29, 1.82) is 0 Å². The Labute approximate surface area is 171 Å². The van der Waals surface area contributed by atoms with Crippen LogP contribution in [0.1, 0.15) is 36.8 Å². The average Bonchev–Trinajstić information content (AvgIpc) is 3.41. The molecule has 1 N–H and O–H groups in total. The van der Waals surface area contributed by atoms with Crippen LogP contribution in [0, 0.1) is 0 Å². The highest BCUT2D eigenvalue weighted by Gasteiger charge is 2.27. The molecule has 0 atom stereocenters. The molecule has 8 heteroatoms. The molecule has 7 nitrogen and oxygen atoms in total. The molecule has 2 aliphatic heterocycles. The van der Waals surface area contributed by atoms with Crippen molar-refractivity contribution in [2.75, 3.05) is 25.0 Å². The Kier molecular flexibility index (Phi) is 5.82. The Morgan fingerprint density at radius 2 is 1.66 bits per heavy atom. The van der Waals surface area contributed by atoms with E-state index >= 15 is 0 Å². The highest BCUT2D eigenvalue weighted by atomic mass is 32.2. The highest BCUT2D eigenvalue weighted by molar-refractivity contribution is 7.89. The van der Waals surface area contributed by atoms with Gasteiger partial charge in [0, 0.05) is 45.3 Å². The summed E-state index contributed by atoms with van der Waals surface area (Å²) in [5.74, 6) is 0.870. The molecule has 4 rings (SSSR count). The number of nitrogens with zero attached hydrogens (tertiary/aromatic N) is 3. The number of sulfonamides is 1. The minimum absolute atomic E-state index is 0.233. The molecule has 2 saturated heterocycles. The molecular weight excluding hydrogens is 388 g/mol. The Morgan fingerprint density at radius 1 is 0.931 bits per heavy atom. The molecule has 0 saturated carbocycles. The van der Waals surface area contributed by atoms with Gasteiger partial charge in [-0.05, 0) is 42.5 Å². The van der Waals surface area contributed by atoms with E-state index in [9.17, 15) is 13.2 Å². The van der Waals surface area contributed by atoms with Gasteiger partial charge in [0.1, 0.15) is 10.7 Å². The number of carbonyl (C=O) groups excluding carboxylic acids is 1. The van der Waals surface area contributed by atoms with Gasteiger partial charge in [0.05, 0.1) is 0 Å². The zero-order valence-electron chi connectivity index (χ0n) is 16.4. The minimum atomic E-state index is -3.43. The fourth-order valence-electron chi connectivity index (χ4n) is 3.76. The summed E-state index contributed by atoms with van der Waals surface area (Å²) in [4.78, 5) is 18.1. The first kappa shape index (κ1) is 19.8. The quantitative estimate of drug-likeness (QED) is 0.753. The number of anilines is 1. The summed E-state index contributed by atoms with van der Waals surface area (Å²) in [6.45, 7) is 3.28. The third-order valence-corrected chi connectivity index (χ3v) is 7.36. The van der Waals surface area contributed by atoms with Crippen LogP contribution in [0.3, 0.4) is 0 Å². The van der Waals surface area contributed by atoms with Crippen LogP contribution in [0.4, 0.5) is 5.82 Å². The monoisotopic (exact) mass is 414 g/mol. The van der Waals surface area contributed by atoms with Crippen LogP contribution in [-0.4, -0.2) is 48.1 Å². The van der Waals surface area contributed by atoms with Gasteiger partial charge >= 0.3 is 0 Å². The van der Waals surface area contributed by atoms with Gasteiger partial charge < -0.3 is 10.2 Å². The van der Waals surface area contributed by atoms with Crippen molar-refractivity contribution in [2.24, 2.45) is 0 Å². The van der Waals surface area contributed by atoms with Gasteiger partial charge in [-0.25, -0.2) is 13.4 Å². The summed E-state index contributed by atoms with van der Waals surface area (Å²) in [7, 11) is -3.43. The predicted octanol–water partition coefficient (Wildman–Crippen LogP) is 2.60. The largest absolute Gasteiger partial charge is 0.366 e. The van der Waals surface area contributed by atoms with Crippen molar-refractivity contribution >= 4 is 21.7 Å². The molecule has 29 heavy (non-hydrogen) atoms. The number of likely N-dealkylation sites (tertiary alicyclic amines) is 1. The number of hydrogen-bond acceptors (Lipinski definition) is 5. The zero-order chi connectivity index (χ0) is 20.3. The fraction of sp³-hybridized carbons (Fsp3) is 0.429. The molecular formula is C21H26N4O3S. The maximum Gasteiger partial charge on any atom is 0.244 e. The first-order valence-corrected chi connectivity index (χ1v) is 11.5. The lowest BCUT2D eigenvalue weighted by molar-refractivity contribution is -0.128. The number of nitrogens with one attached hydrogen (secondary N) is 1. The molecule has 2 fully saturated rings. The number of carbonyl (C=O) groups is 1. The molecule has 1 amide bonds. The van der Waals surface area contributed by atoms with Crippen molar-refractivity contribution in [3.05, 3.63) is 53.7 Å². The molecule has 1 aromatic heterocycles. The van der Waals surface area contributed by atoms with E-state index in [4.69, 9.17) is 0 Å². The summed E-state index contributed by atoms with van der Waals surface area (Å²) in [5.41, 5.74) is 2.22. The van der Waals surface area contributed by atoms with Crippen LogP contribution in [-0.2, 0) is 27.9 Å². The van der Waals surface area contributed by atoms with Crippen LogP contribution in [0.15, 0.2) is 47.5 Å². The maximum absolute atomic E-state index is 12.5. The summed E-state index contributed by atoms with van der Waals surface area (Å²) < 4.78 is 26.6. The normalized spacial score (nSPS) is 17.8. The summed E-state index contributed by atoms with van der Waals surface area (Å²) >= 11 is 0. The lowest BCUT2D eigenvalue weighted by Crippen LogP contribution is -2.27. The molecule has 0 unspecified atom stereocenters. The van der Waals surface area contributed by atoms with E-state index < -0.39 is 10.0 Å². The fourth-order valence-corrected chi connectivity index (χ4v) is 5.22. The smallest absolute Gasteiger partial charge is 0.244 e. The van der Waals surface area contributed by atoms with Gasteiger partial charge in [0.25, 0.3) is 0 Å². The van der Waals surface area contributed by atoms with E-state index in [0.29, 0.717) is 38.4 Å². The number of aromatic nitrogens is 1. The predicted molar refractivity (Wildman–Crippen MR) is 111 cm³/mol. The molecule has 1 aromatic carbocycles. The van der Waals surface area contributed by atoms with Gasteiger partial charge in [0.15, 0.2) is 0 Å². The highest BCUT2D eigenvalue weighted by Crippen LogP contribution is 2.21. The van der Waals surface area contributed by atoms with E-state index in [0.717, 1.165) is 36.9 Å². The Bertz CT molecular complexity index is 952. The second-order valence-corrected chi connectivity index (χ2v) is 9.52. The summed E-state index contributed by atoms with van der Waals surface area (Å²) in [6.07, 6.45) is 4.87. The topological polar surface area (TPSA) is 82.6 Å². The summed E-state index contributed by atoms with van der Waals surface area (Å²) in [6, 6.07) is 11.5. The number of pyridine rings is 1. The Morgan fingerprint density at radius 3 is 2.28 bits per heavy atom. The van der Waals surface area contributed by atoms with E-state index in [1.54, 1.807) is 12.1 Å². The van der Waals surface area contributed by atoms with Crippen molar-refractivity contribution in [3.63, 3.8) is 0 Å². The van der Waals surface area contributed by atoms with E-state index in [2.05, 4.69) is 10.3 Å². The molecule has 154 valence electrons. The van der Waals surface area contributed by atoms with Gasteiger partial charge in [0.2, 0.25) is 15.9 Å². The zero-order valence-corrected chi connectivity index (χ0v) is 17.2. The second kappa shape index (κ2) is 8.51. The maximum atomic E-state index is 12.5. The molecule has 0 aliphatic carbocycles. The molecule has 2 aromatic rings. The number of hydrogen-bond donors (Lipinski definition) is 1. The van der Waals surface area contributed by atoms with Crippen LogP contribution in [0.25, 0.3) is 0 Å². The van der Waals surface area contributed by atoms with Gasteiger partial charge in [-0.3, -0.25) is 4.79 Å². The molecule has 2 aliphatic rings. The lowest BCUT2D eigenvalue weighted by Gasteiger charge is -2.16. The van der Waals surface area contributed by atoms with Crippen molar-refractivity contribution in [1.82, 2.24) is 14.2 Å². The minimum Gasteiger partial charge on any atom is -0.366 e. The molecule has 3 heterocycles. The first-order chi connectivity index (χ1) is 14.0. The van der Waals surface area contributed by atoms with Crippen molar-refractivity contribution in [3.8, 4) is 0 Å². The van der Waals surface area contributed by atoms with Crippen LogP contribution < -0.4 is 5.32 Å². The van der Waals surface area contributed by atoms with E-state index in [1.165, 1.54) is 10.5 Å². The molecule has 0 spiro atoms. The number of rotatable bonds is 7. The summed E-state index contributed by atoms with van der Waals surface area (Å²) in [5, 5.41) is 3.22. The SMILES string of the molecule is O=C1CCCN1Cc1ccc(CNc2ccc(S(=O)(=O)N3CCCC3)cn2)cc1. The Balaban J connectivity index is 1.32. The van der Waals surface area contributed by atoms with Crippen molar-refractivity contribution < 1.29 is 13.2 Å². The lowest BCUT2D eigenvalue weighted by atomic mass is 10.1. The molecule has 0 bridgehead atoms. The van der Waals surface area contributed by atoms with Crippen LogP contribution in [0.5, 0.6) is 0 Å². The average molecular weight is 415 g/mol. The number of benzene rings is 1. The van der Waals surface area contributed by atoms with E-state index in [1.807, 2.05) is 29.2 Å². The van der Waals surface area contributed by atoms with Gasteiger partial charge in [-0.1, -0.05) is 24.3 Å². The van der Waals surface area contributed by atoms with E-state index in [-0.39, 0.29) is 10.8 Å². The van der Waals surface area contributed by atoms with Crippen LogP contribution >= 0.6 is 0 Å². The third-order valence-electron chi connectivity index (χ3n) is 5.48. The van der Waals surface area contributed by atoms with Gasteiger partial charge in [-0.15, -0.1) is 0 Å². The Hall–Kier alpha value is -2.45. The van der Waals surface area contributed by atoms with Crippen LogP contribution in [0.2, 0.25) is 0 Å². The third kappa shape index (κ3) is 4.59. The van der Waals surface area contributed by atoms with Gasteiger partial charge in [-0.2, -0.15) is 4.31 Å². The second-order valence-electron chi connectivity index (χ2n) is 7.58. The van der Waals surface area contributed by atoms with Crippen molar-refractivity contribution in [2.45, 2.75) is 43.7 Å². The first-order valence-electron chi connectivity index (χ1n) is 10.1. The molecule has 0 radical (unpaired) electrons. The number of amides is 1. The standard InChI is InChI=1S/C21H26N4O3S/c26-21-4-3-11-24(21)16-18-7-5-17(6-8-18)14-22-20-10-9-19(15-23-20)29(27,28)25-12-1-2-13-25/h5-10,15H,1-4,11-14,16H2,(H,22,23).